The lowest BCUT2D eigenvalue weighted by Crippen LogP contribution is -2.44. The third-order valence-corrected chi connectivity index (χ3v) is 5.63. The Balaban J connectivity index is 1.65. The van der Waals surface area contributed by atoms with Crippen LogP contribution in [0, 0.1) is 0 Å². The number of alkyl halides is 2. The molecule has 1 aliphatic heterocycles. The highest BCUT2D eigenvalue weighted by atomic mass is 32.1. The Kier molecular flexibility index (Phi) is 6.15. The van der Waals surface area contributed by atoms with Crippen molar-refractivity contribution in [3.05, 3.63) is 45.6 Å². The molecule has 1 aromatic carbocycles. The van der Waals surface area contributed by atoms with Crippen molar-refractivity contribution in [1.29, 1.82) is 0 Å². The molecule has 0 radical (unpaired) electrons. The van der Waals surface area contributed by atoms with Crippen LogP contribution in [0.15, 0.2) is 29.6 Å². The van der Waals surface area contributed by atoms with Crippen LogP contribution in [0.5, 0.6) is 11.5 Å². The van der Waals surface area contributed by atoms with E-state index in [2.05, 4.69) is 28.4 Å². The summed E-state index contributed by atoms with van der Waals surface area (Å²) in [6, 6.07) is 6.68. The quantitative estimate of drug-likeness (QED) is 0.778. The number of ether oxygens (including phenoxy) is 2. The molecule has 0 saturated heterocycles. The Hall–Kier alpha value is -2.35. The summed E-state index contributed by atoms with van der Waals surface area (Å²) in [6.07, 6.45) is 1.72. The summed E-state index contributed by atoms with van der Waals surface area (Å²) in [4.78, 5) is 15.9. The van der Waals surface area contributed by atoms with Gasteiger partial charge in [-0.1, -0.05) is 13.0 Å². The fourth-order valence-electron chi connectivity index (χ4n) is 3.37. The molecule has 146 valence electrons. The van der Waals surface area contributed by atoms with Crippen molar-refractivity contribution in [2.24, 2.45) is 0 Å². The van der Waals surface area contributed by atoms with Crippen LogP contribution in [0.3, 0.4) is 0 Å². The summed E-state index contributed by atoms with van der Waals surface area (Å²) in [5, 5.41) is 4.99. The number of nitrogens with zero attached hydrogens (tertiary/aromatic N) is 1. The van der Waals surface area contributed by atoms with Gasteiger partial charge >= 0.3 is 12.6 Å². The lowest BCUT2D eigenvalue weighted by molar-refractivity contribution is -0.0512. The van der Waals surface area contributed by atoms with Crippen LogP contribution in [0.25, 0.3) is 0 Å². The van der Waals surface area contributed by atoms with Crippen molar-refractivity contribution < 1.29 is 23.0 Å². The number of benzene rings is 1. The third kappa shape index (κ3) is 4.32. The summed E-state index contributed by atoms with van der Waals surface area (Å²) >= 11 is 1.74. The number of urea groups is 1. The van der Waals surface area contributed by atoms with Gasteiger partial charge in [0.1, 0.15) is 0 Å². The Morgan fingerprint density at radius 1 is 1.37 bits per heavy atom. The maximum absolute atomic E-state index is 12.7. The predicted octanol–water partition coefficient (Wildman–Crippen LogP) is 4.58. The first kappa shape index (κ1) is 19.4. The predicted molar refractivity (Wildman–Crippen MR) is 99.6 cm³/mol. The summed E-state index contributed by atoms with van der Waals surface area (Å²) < 4.78 is 34.3. The summed E-state index contributed by atoms with van der Waals surface area (Å²) in [7, 11) is 1.38. The van der Waals surface area contributed by atoms with E-state index in [1.165, 1.54) is 23.6 Å². The summed E-state index contributed by atoms with van der Waals surface area (Å²) in [5.41, 5.74) is 1.97. The number of hydrogen-bond donors (Lipinski definition) is 1. The van der Waals surface area contributed by atoms with Gasteiger partial charge in [-0.3, -0.25) is 0 Å². The van der Waals surface area contributed by atoms with Gasteiger partial charge in [-0.2, -0.15) is 8.78 Å². The van der Waals surface area contributed by atoms with E-state index < -0.39 is 6.61 Å². The molecule has 2 heterocycles. The molecular formula is C19H22F2N2O3S. The second-order valence-electron chi connectivity index (χ2n) is 6.19. The van der Waals surface area contributed by atoms with E-state index in [-0.39, 0.29) is 30.1 Å². The molecule has 1 aliphatic rings. The lowest BCUT2D eigenvalue weighted by Gasteiger charge is -2.35. The summed E-state index contributed by atoms with van der Waals surface area (Å²) in [6.45, 7) is 0.108. The number of thiophene rings is 1. The number of halogens is 2. The van der Waals surface area contributed by atoms with Crippen LogP contribution in [0.1, 0.15) is 35.4 Å². The summed E-state index contributed by atoms with van der Waals surface area (Å²) in [5.74, 6) is 0.170. The van der Waals surface area contributed by atoms with Crippen molar-refractivity contribution in [2.75, 3.05) is 13.7 Å². The van der Waals surface area contributed by atoms with Crippen LogP contribution in [0.4, 0.5) is 13.6 Å². The largest absolute Gasteiger partial charge is 0.493 e. The number of hydrogen-bond acceptors (Lipinski definition) is 4. The monoisotopic (exact) mass is 396 g/mol. The Morgan fingerprint density at radius 3 is 2.89 bits per heavy atom. The first-order valence-electron chi connectivity index (χ1n) is 8.76. The van der Waals surface area contributed by atoms with E-state index in [9.17, 15) is 13.6 Å². The highest BCUT2D eigenvalue weighted by Crippen LogP contribution is 2.35. The Labute approximate surface area is 160 Å². The van der Waals surface area contributed by atoms with E-state index >= 15 is 0 Å². The molecule has 27 heavy (non-hydrogen) atoms. The van der Waals surface area contributed by atoms with Crippen LogP contribution in [0.2, 0.25) is 0 Å². The molecule has 1 unspecified atom stereocenters. The second kappa shape index (κ2) is 8.56. The van der Waals surface area contributed by atoms with Crippen molar-refractivity contribution >= 4 is 17.4 Å². The standard InChI is InChI=1S/C19H22F2N2O3S/c1-3-14-13-7-9-27-17(13)6-8-23(14)19(24)22-11-12-4-5-15(26-18(20)21)16(10-12)25-2/h4-5,7,9-10,14,18H,3,6,8,11H2,1-2H3,(H,22,24). The first-order chi connectivity index (χ1) is 13.0. The third-order valence-electron chi connectivity index (χ3n) is 4.63. The average molecular weight is 396 g/mol. The van der Waals surface area contributed by atoms with E-state index in [1.807, 2.05) is 4.90 Å². The molecule has 2 aromatic rings. The highest BCUT2D eigenvalue weighted by molar-refractivity contribution is 7.10. The van der Waals surface area contributed by atoms with Crippen molar-refractivity contribution in [3.63, 3.8) is 0 Å². The van der Waals surface area contributed by atoms with E-state index in [0.29, 0.717) is 6.54 Å². The highest BCUT2D eigenvalue weighted by Gasteiger charge is 2.30. The molecule has 3 rings (SSSR count). The molecule has 0 aliphatic carbocycles. The van der Waals surface area contributed by atoms with Gasteiger partial charge in [-0.05, 0) is 47.5 Å². The van der Waals surface area contributed by atoms with Crippen molar-refractivity contribution in [1.82, 2.24) is 10.2 Å². The van der Waals surface area contributed by atoms with Gasteiger partial charge in [0.05, 0.1) is 13.2 Å². The maximum Gasteiger partial charge on any atom is 0.387 e. The van der Waals surface area contributed by atoms with Gasteiger partial charge in [0.2, 0.25) is 0 Å². The number of methoxy groups -OCH3 is 1. The van der Waals surface area contributed by atoms with Gasteiger partial charge in [0.15, 0.2) is 11.5 Å². The van der Waals surface area contributed by atoms with E-state index in [4.69, 9.17) is 4.74 Å². The molecular weight excluding hydrogens is 374 g/mol. The second-order valence-corrected chi connectivity index (χ2v) is 7.19. The Bertz CT molecular complexity index is 797. The minimum absolute atomic E-state index is 0.0327. The lowest BCUT2D eigenvalue weighted by atomic mass is 9.98. The van der Waals surface area contributed by atoms with Crippen molar-refractivity contribution in [3.8, 4) is 11.5 Å². The van der Waals surface area contributed by atoms with Gasteiger partial charge in [0.25, 0.3) is 0 Å². The van der Waals surface area contributed by atoms with Crippen LogP contribution < -0.4 is 14.8 Å². The molecule has 5 nitrogen and oxygen atoms in total. The fourth-order valence-corrected chi connectivity index (χ4v) is 4.30. The molecule has 0 bridgehead atoms. The maximum atomic E-state index is 12.7. The Morgan fingerprint density at radius 2 is 2.19 bits per heavy atom. The molecule has 0 saturated carbocycles. The SMILES string of the molecule is CCC1c2ccsc2CCN1C(=O)NCc1ccc(OC(F)F)c(OC)c1. The van der Waals surface area contributed by atoms with Gasteiger partial charge in [0, 0.05) is 18.0 Å². The molecule has 0 spiro atoms. The van der Waals surface area contributed by atoms with Gasteiger partial charge in [-0.15, -0.1) is 11.3 Å². The molecule has 2 amide bonds. The number of rotatable bonds is 6. The number of amides is 2. The van der Waals surface area contributed by atoms with Crippen molar-refractivity contribution in [2.45, 2.75) is 39.0 Å². The normalized spacial score (nSPS) is 16.2. The zero-order valence-corrected chi connectivity index (χ0v) is 16.0. The molecule has 0 fully saturated rings. The smallest absolute Gasteiger partial charge is 0.387 e. The van der Waals surface area contributed by atoms with Crippen LogP contribution in [-0.2, 0) is 13.0 Å². The van der Waals surface area contributed by atoms with E-state index in [0.717, 1.165) is 18.4 Å². The zero-order chi connectivity index (χ0) is 19.4. The first-order valence-corrected chi connectivity index (χ1v) is 9.64. The fraction of sp³-hybridized carbons (Fsp3) is 0.421. The molecule has 1 N–H and O–H groups in total. The zero-order valence-electron chi connectivity index (χ0n) is 15.2. The average Bonchev–Trinajstić information content (AvgIpc) is 3.14. The minimum atomic E-state index is -2.92. The van der Waals surface area contributed by atoms with E-state index in [1.54, 1.807) is 23.5 Å². The number of nitrogens with one attached hydrogen (secondary N) is 1. The number of carbonyl (C=O) groups excluding carboxylic acids is 1. The minimum Gasteiger partial charge on any atom is -0.493 e. The topological polar surface area (TPSA) is 50.8 Å². The number of fused-ring (bicyclic) bond motifs is 1. The van der Waals surface area contributed by atoms with Gasteiger partial charge < -0.3 is 19.7 Å². The molecule has 1 atom stereocenters. The number of carbonyl (C=O) groups is 1. The molecule has 8 heteroatoms. The van der Waals surface area contributed by atoms with Crippen LogP contribution in [-0.4, -0.2) is 31.2 Å². The molecule has 1 aromatic heterocycles. The van der Waals surface area contributed by atoms with Gasteiger partial charge in [-0.25, -0.2) is 4.79 Å². The van der Waals surface area contributed by atoms with Crippen LogP contribution >= 0.6 is 11.3 Å².